The summed E-state index contributed by atoms with van der Waals surface area (Å²) in [5.74, 6) is -1.70. The first-order chi connectivity index (χ1) is 13.2. The van der Waals surface area contributed by atoms with Crippen LogP contribution in [-0.4, -0.2) is 19.9 Å². The molecule has 9 heteroatoms. The molecule has 28 heavy (non-hydrogen) atoms. The maximum Gasteiger partial charge on any atom is 0.274 e. The Morgan fingerprint density at radius 3 is 2.39 bits per heavy atom. The maximum atomic E-state index is 14.3. The molecule has 0 atom stereocenters. The molecule has 1 aromatic heterocycles. The van der Waals surface area contributed by atoms with Crippen molar-refractivity contribution >= 4 is 21.1 Å². The number of aromatic nitrogens is 1. The lowest BCUT2D eigenvalue weighted by Gasteiger charge is -2.36. The van der Waals surface area contributed by atoms with E-state index in [0.717, 1.165) is 11.6 Å². The predicted molar refractivity (Wildman–Crippen MR) is 100 cm³/mol. The van der Waals surface area contributed by atoms with Gasteiger partial charge in [0.2, 0.25) is 0 Å². The van der Waals surface area contributed by atoms with E-state index in [9.17, 15) is 21.6 Å². The van der Waals surface area contributed by atoms with Gasteiger partial charge < -0.3 is 4.98 Å². The number of rotatable bonds is 5. The highest BCUT2D eigenvalue weighted by Crippen LogP contribution is 2.48. The minimum absolute atomic E-state index is 0.0118. The lowest BCUT2D eigenvalue weighted by molar-refractivity contribution is 0.267. The van der Waals surface area contributed by atoms with Crippen molar-refractivity contribution in [2.24, 2.45) is 11.1 Å². The van der Waals surface area contributed by atoms with Crippen LogP contribution in [-0.2, 0) is 10.2 Å². The first kappa shape index (κ1) is 19.0. The molecule has 0 spiro atoms. The molecule has 1 fully saturated rings. The predicted octanol–water partition coefficient (Wildman–Crippen LogP) is 3.54. The number of fused-ring (bicyclic) bond motifs is 1. The summed E-state index contributed by atoms with van der Waals surface area (Å²) in [4.78, 5) is 3.02. The Bertz CT molecular complexity index is 1140. The van der Waals surface area contributed by atoms with Gasteiger partial charge in [-0.1, -0.05) is 0 Å². The molecule has 0 radical (unpaired) electrons. The second-order valence-corrected chi connectivity index (χ2v) is 8.54. The summed E-state index contributed by atoms with van der Waals surface area (Å²) in [6, 6.07) is 7.87. The molecule has 5 nitrogen and oxygen atoms in total. The molecule has 3 aromatic rings. The summed E-state index contributed by atoms with van der Waals surface area (Å²) < 4.78 is 65.9. The Hall–Kier alpha value is -2.36. The van der Waals surface area contributed by atoms with Gasteiger partial charge in [0.05, 0.1) is 11.2 Å². The van der Waals surface area contributed by atoms with E-state index in [1.165, 1.54) is 18.2 Å². The van der Waals surface area contributed by atoms with E-state index in [1.807, 2.05) is 0 Å². The highest BCUT2D eigenvalue weighted by Gasteiger charge is 2.35. The first-order valence-corrected chi connectivity index (χ1v) is 10.3. The molecular formula is C19H18F3N3O2S. The largest absolute Gasteiger partial charge is 0.352 e. The Morgan fingerprint density at radius 1 is 1.07 bits per heavy atom. The SMILES string of the molecule is NS(=O)(=O)NCC1CC(c2c(-c3ccc(F)cc3)[nH]c3c(F)cc(F)cc23)C1. The average molecular weight is 409 g/mol. The molecule has 2 aromatic carbocycles. The van der Waals surface area contributed by atoms with Crippen LogP contribution >= 0.6 is 0 Å². The maximum absolute atomic E-state index is 14.3. The van der Waals surface area contributed by atoms with Crippen LogP contribution in [0.25, 0.3) is 22.2 Å². The molecule has 4 rings (SSSR count). The minimum atomic E-state index is -3.76. The minimum Gasteiger partial charge on any atom is -0.352 e. The molecule has 148 valence electrons. The quantitative estimate of drug-likeness (QED) is 0.602. The Labute approximate surface area is 159 Å². The molecule has 0 amide bonds. The fraction of sp³-hybridized carbons (Fsp3) is 0.263. The number of benzene rings is 2. The van der Waals surface area contributed by atoms with E-state index in [2.05, 4.69) is 9.71 Å². The van der Waals surface area contributed by atoms with Gasteiger partial charge in [-0.2, -0.15) is 8.42 Å². The zero-order valence-electron chi connectivity index (χ0n) is 14.7. The summed E-state index contributed by atoms with van der Waals surface area (Å²) >= 11 is 0. The van der Waals surface area contributed by atoms with Crippen LogP contribution in [0.1, 0.15) is 24.3 Å². The zero-order chi connectivity index (χ0) is 20.1. The van der Waals surface area contributed by atoms with Crippen molar-refractivity contribution in [2.75, 3.05) is 6.54 Å². The molecule has 0 saturated heterocycles. The van der Waals surface area contributed by atoms with Gasteiger partial charge in [0.25, 0.3) is 10.2 Å². The van der Waals surface area contributed by atoms with Gasteiger partial charge in [-0.3, -0.25) is 0 Å². The zero-order valence-corrected chi connectivity index (χ0v) is 15.5. The molecule has 0 bridgehead atoms. The van der Waals surface area contributed by atoms with Crippen molar-refractivity contribution in [2.45, 2.75) is 18.8 Å². The van der Waals surface area contributed by atoms with Crippen molar-refractivity contribution in [1.82, 2.24) is 9.71 Å². The standard InChI is InChI=1S/C19H18F3N3O2S/c20-13-3-1-11(2-4-13)18-17(12-5-10(6-12)9-24-28(23,26)27)15-7-14(21)8-16(22)19(15)25-18/h1-4,7-8,10,12,24-25H,5-6,9H2,(H2,23,26,27). The molecule has 0 unspecified atom stereocenters. The molecule has 4 N–H and O–H groups in total. The van der Waals surface area contributed by atoms with Crippen LogP contribution < -0.4 is 9.86 Å². The van der Waals surface area contributed by atoms with E-state index in [0.29, 0.717) is 29.5 Å². The number of aromatic amines is 1. The monoisotopic (exact) mass is 409 g/mol. The van der Waals surface area contributed by atoms with E-state index < -0.39 is 27.7 Å². The summed E-state index contributed by atoms with van der Waals surface area (Å²) in [7, 11) is -3.76. The summed E-state index contributed by atoms with van der Waals surface area (Å²) in [6.07, 6.45) is 1.28. The topological polar surface area (TPSA) is 88.0 Å². The first-order valence-electron chi connectivity index (χ1n) is 8.75. The molecule has 1 saturated carbocycles. The third kappa shape index (κ3) is 3.65. The van der Waals surface area contributed by atoms with Crippen LogP contribution in [0.5, 0.6) is 0 Å². The van der Waals surface area contributed by atoms with Gasteiger partial charge in [-0.05, 0) is 66.1 Å². The smallest absolute Gasteiger partial charge is 0.274 e. The molecule has 0 aliphatic heterocycles. The second-order valence-electron chi connectivity index (χ2n) is 7.16. The molecule has 1 aliphatic carbocycles. The lowest BCUT2D eigenvalue weighted by Crippen LogP contribution is -2.38. The van der Waals surface area contributed by atoms with Crippen LogP contribution in [0.4, 0.5) is 13.2 Å². The van der Waals surface area contributed by atoms with Gasteiger partial charge in [0.1, 0.15) is 17.5 Å². The number of nitrogens with two attached hydrogens (primary N) is 1. The number of halogens is 3. The van der Waals surface area contributed by atoms with Crippen molar-refractivity contribution in [3.05, 3.63) is 59.4 Å². The molecule has 1 heterocycles. The normalized spacial score (nSPS) is 19.7. The second kappa shape index (κ2) is 6.91. The van der Waals surface area contributed by atoms with Gasteiger partial charge in [0.15, 0.2) is 0 Å². The van der Waals surface area contributed by atoms with Crippen molar-refractivity contribution < 1.29 is 21.6 Å². The van der Waals surface area contributed by atoms with Crippen LogP contribution in [0.3, 0.4) is 0 Å². The summed E-state index contributed by atoms with van der Waals surface area (Å²) in [5, 5.41) is 5.40. The summed E-state index contributed by atoms with van der Waals surface area (Å²) in [6.45, 7) is 0.215. The third-order valence-electron chi connectivity index (χ3n) is 5.21. The number of hydrogen-bond donors (Lipinski definition) is 3. The van der Waals surface area contributed by atoms with E-state index in [-0.39, 0.29) is 23.9 Å². The summed E-state index contributed by atoms with van der Waals surface area (Å²) in [5.41, 5.74) is 2.23. The number of nitrogens with one attached hydrogen (secondary N) is 2. The lowest BCUT2D eigenvalue weighted by atomic mass is 9.70. The Morgan fingerprint density at radius 2 is 1.75 bits per heavy atom. The fourth-order valence-corrected chi connectivity index (χ4v) is 4.35. The third-order valence-corrected chi connectivity index (χ3v) is 5.78. The van der Waals surface area contributed by atoms with Crippen LogP contribution in [0, 0.1) is 23.4 Å². The highest BCUT2D eigenvalue weighted by molar-refractivity contribution is 7.87. The van der Waals surface area contributed by atoms with Crippen molar-refractivity contribution in [1.29, 1.82) is 0 Å². The average Bonchev–Trinajstić information content (AvgIpc) is 2.93. The molecule has 1 aliphatic rings. The van der Waals surface area contributed by atoms with E-state index >= 15 is 0 Å². The van der Waals surface area contributed by atoms with Gasteiger partial charge >= 0.3 is 0 Å². The van der Waals surface area contributed by atoms with E-state index in [1.54, 1.807) is 12.1 Å². The Balaban J connectivity index is 1.72. The van der Waals surface area contributed by atoms with Crippen molar-refractivity contribution in [3.63, 3.8) is 0 Å². The number of hydrogen-bond acceptors (Lipinski definition) is 2. The number of H-pyrrole nitrogens is 1. The van der Waals surface area contributed by atoms with Gasteiger partial charge in [0, 0.05) is 18.0 Å². The van der Waals surface area contributed by atoms with E-state index in [4.69, 9.17) is 5.14 Å². The van der Waals surface area contributed by atoms with Crippen LogP contribution in [0.15, 0.2) is 36.4 Å². The molecular weight excluding hydrogens is 391 g/mol. The highest BCUT2D eigenvalue weighted by atomic mass is 32.2. The van der Waals surface area contributed by atoms with Crippen LogP contribution in [0.2, 0.25) is 0 Å². The Kier molecular flexibility index (Phi) is 4.68. The van der Waals surface area contributed by atoms with Gasteiger partial charge in [-0.25, -0.2) is 23.0 Å². The van der Waals surface area contributed by atoms with Gasteiger partial charge in [-0.15, -0.1) is 0 Å². The van der Waals surface area contributed by atoms with Crippen molar-refractivity contribution in [3.8, 4) is 11.3 Å². The fourth-order valence-electron chi connectivity index (χ4n) is 3.88.